The zero-order valence-corrected chi connectivity index (χ0v) is 10.4. The molecule has 8 heteroatoms. The van der Waals surface area contributed by atoms with E-state index in [9.17, 15) is 20.1 Å². The van der Waals surface area contributed by atoms with Crippen LogP contribution in [0.3, 0.4) is 0 Å². The molecule has 0 aromatic carbocycles. The first kappa shape index (κ1) is 12.6. The molecule has 0 amide bonds. The quantitative estimate of drug-likeness (QED) is 0.301. The molecule has 3 rings (SSSR count). The largest absolute Gasteiger partial charge is 0.457 e. The molecular weight excluding hydrogens is 254 g/mol. The number of nitrogens with one attached hydrogen (secondary N) is 1. The first-order valence-corrected chi connectivity index (χ1v) is 6.24. The van der Waals surface area contributed by atoms with Crippen LogP contribution in [0.5, 0.6) is 0 Å². The Morgan fingerprint density at radius 1 is 1.47 bits per heavy atom. The van der Waals surface area contributed by atoms with Crippen molar-refractivity contribution in [2.45, 2.75) is 43.4 Å². The average molecular weight is 271 g/mol. The Bertz CT molecular complexity index is 456. The Kier molecular flexibility index (Phi) is 2.54. The summed E-state index contributed by atoms with van der Waals surface area (Å²) in [6.07, 6.45) is -4.19. The first-order chi connectivity index (χ1) is 8.87. The molecule has 7 atom stereocenters. The number of fused-ring (bicyclic) bond motifs is 1. The Morgan fingerprint density at radius 2 is 2.16 bits per heavy atom. The number of esters is 1. The zero-order valence-electron chi connectivity index (χ0n) is 10.4. The molecule has 6 N–H and O–H groups in total. The second-order valence-corrected chi connectivity index (χ2v) is 5.55. The second kappa shape index (κ2) is 3.81. The minimum absolute atomic E-state index is 0.107. The molecule has 106 valence electrons. The highest BCUT2D eigenvalue weighted by Crippen LogP contribution is 2.47. The Labute approximate surface area is 109 Å². The van der Waals surface area contributed by atoms with Crippen LogP contribution in [0.2, 0.25) is 0 Å². The molecule has 19 heavy (non-hydrogen) atoms. The number of guanidine groups is 1. The predicted octanol–water partition coefficient (Wildman–Crippen LogP) is -2.74. The monoisotopic (exact) mass is 271 g/mol. The summed E-state index contributed by atoms with van der Waals surface area (Å²) in [7, 11) is 0. The van der Waals surface area contributed by atoms with E-state index >= 15 is 0 Å². The number of hydrogen-bond acceptors (Lipinski definition) is 8. The van der Waals surface area contributed by atoms with E-state index in [2.05, 4.69) is 10.3 Å². The highest BCUT2D eigenvalue weighted by Gasteiger charge is 2.67. The SMILES string of the molecule is C[C@@H]1C[C@@H]2[C@@H](O)N=C(N)N[C@@]23C(O)[C@@H]1OC(=O)[C@H]3O. The topological polar surface area (TPSA) is 137 Å². The molecule has 2 aliphatic heterocycles. The molecule has 1 spiro atoms. The third-order valence-corrected chi connectivity index (χ3v) is 4.50. The molecule has 1 saturated heterocycles. The van der Waals surface area contributed by atoms with Gasteiger partial charge in [-0.05, 0) is 12.3 Å². The fourth-order valence-corrected chi connectivity index (χ4v) is 3.56. The number of carbonyl (C=O) groups excluding carboxylic acids is 1. The molecule has 1 unspecified atom stereocenters. The number of aliphatic hydroxyl groups excluding tert-OH is 3. The van der Waals surface area contributed by atoms with Crippen LogP contribution in [-0.4, -0.2) is 57.3 Å². The lowest BCUT2D eigenvalue weighted by Crippen LogP contribution is -2.81. The lowest BCUT2D eigenvalue weighted by molar-refractivity contribution is -0.235. The first-order valence-electron chi connectivity index (χ1n) is 6.24. The van der Waals surface area contributed by atoms with Crippen LogP contribution in [-0.2, 0) is 9.53 Å². The third-order valence-electron chi connectivity index (χ3n) is 4.50. The Morgan fingerprint density at radius 3 is 2.84 bits per heavy atom. The van der Waals surface area contributed by atoms with Gasteiger partial charge in [-0.15, -0.1) is 0 Å². The molecule has 3 aliphatic rings. The highest BCUT2D eigenvalue weighted by molar-refractivity contribution is 5.84. The fraction of sp³-hybridized carbons (Fsp3) is 0.818. The number of hydrogen-bond donors (Lipinski definition) is 5. The second-order valence-electron chi connectivity index (χ2n) is 5.55. The van der Waals surface area contributed by atoms with Gasteiger partial charge in [0.1, 0.15) is 17.7 Å². The van der Waals surface area contributed by atoms with Crippen LogP contribution in [0.25, 0.3) is 0 Å². The minimum atomic E-state index is -1.60. The number of nitrogens with two attached hydrogens (primary N) is 1. The summed E-state index contributed by atoms with van der Waals surface area (Å²) in [5.74, 6) is -1.68. The van der Waals surface area contributed by atoms with Crippen molar-refractivity contribution in [1.29, 1.82) is 0 Å². The molecule has 0 radical (unpaired) electrons. The molecule has 8 nitrogen and oxygen atoms in total. The fourth-order valence-electron chi connectivity index (χ4n) is 3.56. The van der Waals surface area contributed by atoms with Crippen LogP contribution < -0.4 is 11.1 Å². The molecule has 0 aromatic heterocycles. The number of ether oxygens (including phenoxy) is 1. The standard InChI is InChI=1S/C11H17N3O5/c1-3-2-4-8(17)13-10(12)14-11(4)6(15)5(3)19-9(18)7(11)16/h3-8,15-17H,2H2,1H3,(H3,12,13,14)/t3-,4-,5-,6?,7-,8-,11-/m1/s1. The summed E-state index contributed by atoms with van der Waals surface area (Å²) in [5.41, 5.74) is 4.14. The number of aliphatic imine (C=N–C) groups is 1. The van der Waals surface area contributed by atoms with Crippen molar-refractivity contribution in [2.24, 2.45) is 22.6 Å². The van der Waals surface area contributed by atoms with Crippen molar-refractivity contribution < 1.29 is 24.9 Å². The molecule has 1 saturated carbocycles. The maximum Gasteiger partial charge on any atom is 0.337 e. The van der Waals surface area contributed by atoms with Gasteiger partial charge in [-0.3, -0.25) is 0 Å². The number of aliphatic hydroxyl groups is 3. The lowest BCUT2D eigenvalue weighted by atomic mass is 9.61. The van der Waals surface area contributed by atoms with Gasteiger partial charge in [0.15, 0.2) is 18.3 Å². The van der Waals surface area contributed by atoms with Gasteiger partial charge in [-0.2, -0.15) is 0 Å². The Balaban J connectivity index is 2.13. The third kappa shape index (κ3) is 1.44. The van der Waals surface area contributed by atoms with E-state index in [1.165, 1.54) is 0 Å². The van der Waals surface area contributed by atoms with E-state index in [4.69, 9.17) is 10.5 Å². The summed E-state index contributed by atoms with van der Waals surface area (Å²) >= 11 is 0. The summed E-state index contributed by atoms with van der Waals surface area (Å²) in [6.45, 7) is 1.82. The van der Waals surface area contributed by atoms with E-state index in [1.807, 2.05) is 6.92 Å². The Hall–Kier alpha value is -1.38. The van der Waals surface area contributed by atoms with Crippen LogP contribution >= 0.6 is 0 Å². The number of carbonyl (C=O) groups is 1. The lowest BCUT2D eigenvalue weighted by Gasteiger charge is -2.58. The molecule has 2 bridgehead atoms. The van der Waals surface area contributed by atoms with Gasteiger partial charge in [0, 0.05) is 5.92 Å². The average Bonchev–Trinajstić information content (AvgIpc) is 2.33. The summed E-state index contributed by atoms with van der Waals surface area (Å²) in [4.78, 5) is 15.6. The zero-order chi connectivity index (χ0) is 13.9. The van der Waals surface area contributed by atoms with Gasteiger partial charge in [0.2, 0.25) is 0 Å². The maximum atomic E-state index is 11.8. The number of nitrogens with zero attached hydrogens (tertiary/aromatic N) is 1. The smallest absolute Gasteiger partial charge is 0.337 e. The normalized spacial score (nSPS) is 52.6. The van der Waals surface area contributed by atoms with Crippen LogP contribution in [0.15, 0.2) is 4.99 Å². The van der Waals surface area contributed by atoms with Gasteiger partial charge in [0.25, 0.3) is 0 Å². The van der Waals surface area contributed by atoms with Crippen molar-refractivity contribution in [1.82, 2.24) is 5.32 Å². The van der Waals surface area contributed by atoms with Gasteiger partial charge >= 0.3 is 5.97 Å². The van der Waals surface area contributed by atoms with Gasteiger partial charge in [-0.25, -0.2) is 9.79 Å². The summed E-state index contributed by atoms with van der Waals surface area (Å²) in [6, 6.07) is 0. The van der Waals surface area contributed by atoms with Crippen LogP contribution in [0.4, 0.5) is 0 Å². The van der Waals surface area contributed by atoms with E-state index < -0.39 is 42.0 Å². The van der Waals surface area contributed by atoms with Gasteiger partial charge in [0.05, 0.1) is 0 Å². The maximum absolute atomic E-state index is 11.8. The number of rotatable bonds is 0. The van der Waals surface area contributed by atoms with E-state index in [1.54, 1.807) is 0 Å². The summed E-state index contributed by atoms with van der Waals surface area (Å²) in [5, 5.41) is 33.3. The minimum Gasteiger partial charge on any atom is -0.457 e. The van der Waals surface area contributed by atoms with E-state index in [0.29, 0.717) is 6.42 Å². The van der Waals surface area contributed by atoms with Gasteiger partial charge in [-0.1, -0.05) is 6.92 Å². The highest BCUT2D eigenvalue weighted by atomic mass is 16.6. The molecule has 0 aromatic rings. The van der Waals surface area contributed by atoms with Crippen LogP contribution in [0.1, 0.15) is 13.3 Å². The van der Waals surface area contributed by atoms with Gasteiger partial charge < -0.3 is 31.1 Å². The predicted molar refractivity (Wildman–Crippen MR) is 62.7 cm³/mol. The van der Waals surface area contributed by atoms with Crippen molar-refractivity contribution in [3.8, 4) is 0 Å². The van der Waals surface area contributed by atoms with Crippen molar-refractivity contribution in [3.05, 3.63) is 0 Å². The van der Waals surface area contributed by atoms with Crippen molar-refractivity contribution in [3.63, 3.8) is 0 Å². The van der Waals surface area contributed by atoms with Crippen LogP contribution in [0, 0.1) is 11.8 Å². The molecule has 1 aliphatic carbocycles. The van der Waals surface area contributed by atoms with Crippen molar-refractivity contribution >= 4 is 11.9 Å². The molecule has 2 fully saturated rings. The molecular formula is C11H17N3O5. The van der Waals surface area contributed by atoms with E-state index in [-0.39, 0.29) is 11.9 Å². The molecule has 2 heterocycles. The van der Waals surface area contributed by atoms with Crippen molar-refractivity contribution in [2.75, 3.05) is 0 Å². The summed E-state index contributed by atoms with van der Waals surface area (Å²) < 4.78 is 5.07. The van der Waals surface area contributed by atoms with E-state index in [0.717, 1.165) is 0 Å².